The van der Waals surface area contributed by atoms with Gasteiger partial charge in [-0.15, -0.1) is 0 Å². The highest BCUT2D eigenvalue weighted by Crippen LogP contribution is 2.23. The first-order valence-electron chi connectivity index (χ1n) is 8.89. The van der Waals surface area contributed by atoms with Crippen molar-refractivity contribution in [1.29, 1.82) is 0 Å². The summed E-state index contributed by atoms with van der Waals surface area (Å²) >= 11 is 6.04. The van der Waals surface area contributed by atoms with Crippen LogP contribution < -0.4 is 10.7 Å². The fraction of sp³-hybridized carbons (Fsp3) is 0.136. The van der Waals surface area contributed by atoms with Crippen LogP contribution in [-0.4, -0.2) is 18.0 Å². The second-order valence-electron chi connectivity index (χ2n) is 6.32. The van der Waals surface area contributed by atoms with E-state index in [2.05, 4.69) is 15.8 Å². The highest BCUT2D eigenvalue weighted by molar-refractivity contribution is 6.31. The molecule has 0 aliphatic rings. The maximum absolute atomic E-state index is 12.0. The van der Waals surface area contributed by atoms with E-state index in [0.717, 1.165) is 21.9 Å². The van der Waals surface area contributed by atoms with Crippen LogP contribution in [-0.2, 0) is 9.59 Å². The van der Waals surface area contributed by atoms with Crippen molar-refractivity contribution >= 4 is 46.1 Å². The molecule has 3 rings (SSSR count). The second kappa shape index (κ2) is 9.15. The van der Waals surface area contributed by atoms with Crippen molar-refractivity contribution in [2.24, 2.45) is 5.10 Å². The Morgan fingerprint density at radius 3 is 2.54 bits per heavy atom. The number of halogens is 1. The van der Waals surface area contributed by atoms with Gasteiger partial charge in [-0.1, -0.05) is 60.1 Å². The molecule has 0 unspecified atom stereocenters. The van der Waals surface area contributed by atoms with Gasteiger partial charge in [0.15, 0.2) is 0 Å². The van der Waals surface area contributed by atoms with Crippen molar-refractivity contribution in [3.05, 3.63) is 76.8 Å². The van der Waals surface area contributed by atoms with Crippen LogP contribution in [0.15, 0.2) is 65.8 Å². The van der Waals surface area contributed by atoms with Crippen LogP contribution in [0.4, 0.5) is 5.69 Å². The summed E-state index contributed by atoms with van der Waals surface area (Å²) in [4.78, 5) is 24.0. The van der Waals surface area contributed by atoms with Crippen LogP contribution in [0, 0.1) is 6.92 Å². The molecule has 0 spiro atoms. The third-order valence-electron chi connectivity index (χ3n) is 4.34. The minimum absolute atomic E-state index is 0.0400. The molecule has 2 N–H and O–H groups in total. The number of amides is 2. The number of nitrogens with zero attached hydrogens (tertiary/aromatic N) is 1. The van der Waals surface area contributed by atoms with Gasteiger partial charge < -0.3 is 5.32 Å². The van der Waals surface area contributed by atoms with Crippen molar-refractivity contribution in [2.45, 2.75) is 19.8 Å². The van der Waals surface area contributed by atoms with E-state index in [1.54, 1.807) is 24.4 Å². The summed E-state index contributed by atoms with van der Waals surface area (Å²) in [5.74, 6) is -0.576. The quantitative estimate of drug-likeness (QED) is 0.472. The number of anilines is 1. The lowest BCUT2D eigenvalue weighted by molar-refractivity contribution is -0.124. The van der Waals surface area contributed by atoms with Crippen LogP contribution in [0.2, 0.25) is 5.02 Å². The summed E-state index contributed by atoms with van der Waals surface area (Å²) in [5, 5.41) is 9.51. The second-order valence-corrected chi connectivity index (χ2v) is 6.73. The topological polar surface area (TPSA) is 70.6 Å². The minimum Gasteiger partial charge on any atom is -0.326 e. The van der Waals surface area contributed by atoms with Gasteiger partial charge >= 0.3 is 0 Å². The lowest BCUT2D eigenvalue weighted by Gasteiger charge is -2.09. The number of carbonyl (C=O) groups is 2. The molecule has 3 aromatic rings. The SMILES string of the molecule is Cc1c(Cl)cccc1NC(=O)CCC(=O)N/N=C\c1cccc2ccccc12. The normalized spacial score (nSPS) is 10.9. The van der Waals surface area contributed by atoms with E-state index in [4.69, 9.17) is 11.6 Å². The number of hydrazone groups is 1. The van der Waals surface area contributed by atoms with Gasteiger partial charge in [0, 0.05) is 29.1 Å². The molecule has 28 heavy (non-hydrogen) atoms. The predicted molar refractivity (Wildman–Crippen MR) is 114 cm³/mol. The molecule has 0 saturated carbocycles. The van der Waals surface area contributed by atoms with E-state index in [-0.39, 0.29) is 24.7 Å². The molecule has 142 valence electrons. The molecule has 0 aliphatic carbocycles. The Morgan fingerprint density at radius 2 is 1.68 bits per heavy atom. The van der Waals surface area contributed by atoms with Crippen LogP contribution in [0.5, 0.6) is 0 Å². The van der Waals surface area contributed by atoms with E-state index >= 15 is 0 Å². The summed E-state index contributed by atoms with van der Waals surface area (Å²) in [7, 11) is 0. The summed E-state index contributed by atoms with van der Waals surface area (Å²) in [5.41, 5.74) is 4.81. The Balaban J connectivity index is 1.51. The van der Waals surface area contributed by atoms with Gasteiger partial charge in [0.1, 0.15) is 0 Å². The number of carbonyl (C=O) groups excluding carboxylic acids is 2. The number of rotatable bonds is 6. The Kier molecular flexibility index (Phi) is 6.40. The molecule has 6 heteroatoms. The number of hydrogen-bond acceptors (Lipinski definition) is 3. The summed E-state index contributed by atoms with van der Waals surface area (Å²) in [6, 6.07) is 19.1. The number of nitrogens with one attached hydrogen (secondary N) is 2. The zero-order chi connectivity index (χ0) is 19.9. The molecule has 0 aliphatic heterocycles. The summed E-state index contributed by atoms with van der Waals surface area (Å²) < 4.78 is 0. The van der Waals surface area contributed by atoms with Crippen molar-refractivity contribution in [1.82, 2.24) is 5.43 Å². The largest absolute Gasteiger partial charge is 0.326 e. The zero-order valence-corrected chi connectivity index (χ0v) is 16.2. The molecule has 0 aromatic heterocycles. The van der Waals surface area contributed by atoms with Crippen LogP contribution >= 0.6 is 11.6 Å². The highest BCUT2D eigenvalue weighted by Gasteiger charge is 2.09. The van der Waals surface area contributed by atoms with Gasteiger partial charge in [-0.3, -0.25) is 9.59 Å². The first kappa shape index (κ1) is 19.6. The van der Waals surface area contributed by atoms with Crippen molar-refractivity contribution < 1.29 is 9.59 Å². The van der Waals surface area contributed by atoms with E-state index in [9.17, 15) is 9.59 Å². The summed E-state index contributed by atoms with van der Waals surface area (Å²) in [6.45, 7) is 1.83. The Morgan fingerprint density at radius 1 is 0.964 bits per heavy atom. The van der Waals surface area contributed by atoms with Crippen LogP contribution in [0.25, 0.3) is 10.8 Å². The van der Waals surface area contributed by atoms with E-state index in [1.807, 2.05) is 49.4 Å². The van der Waals surface area contributed by atoms with Gasteiger partial charge in [-0.25, -0.2) is 5.43 Å². The maximum atomic E-state index is 12.0. The lowest BCUT2D eigenvalue weighted by atomic mass is 10.1. The molecule has 0 fully saturated rings. The highest BCUT2D eigenvalue weighted by atomic mass is 35.5. The molecule has 0 bridgehead atoms. The molecular formula is C22H20ClN3O2. The lowest BCUT2D eigenvalue weighted by Crippen LogP contribution is -2.20. The zero-order valence-electron chi connectivity index (χ0n) is 15.4. The van der Waals surface area contributed by atoms with Crippen LogP contribution in [0.1, 0.15) is 24.0 Å². The summed E-state index contributed by atoms with van der Waals surface area (Å²) in [6.07, 6.45) is 1.70. The number of benzene rings is 3. The van der Waals surface area contributed by atoms with Crippen molar-refractivity contribution in [3.8, 4) is 0 Å². The predicted octanol–water partition coefficient (Wildman–Crippen LogP) is 4.67. The van der Waals surface area contributed by atoms with Gasteiger partial charge in [0.2, 0.25) is 11.8 Å². The molecule has 5 nitrogen and oxygen atoms in total. The molecule has 0 heterocycles. The molecule has 2 amide bonds. The fourth-order valence-electron chi connectivity index (χ4n) is 2.78. The van der Waals surface area contributed by atoms with Gasteiger partial charge in [0.25, 0.3) is 0 Å². The van der Waals surface area contributed by atoms with E-state index < -0.39 is 0 Å². The molecule has 0 radical (unpaired) electrons. The van der Waals surface area contributed by atoms with Crippen molar-refractivity contribution in [3.63, 3.8) is 0 Å². The number of hydrogen-bond donors (Lipinski definition) is 2. The fourth-order valence-corrected chi connectivity index (χ4v) is 2.95. The first-order valence-corrected chi connectivity index (χ1v) is 9.27. The Labute approximate surface area is 168 Å². The monoisotopic (exact) mass is 393 g/mol. The molecule has 0 saturated heterocycles. The van der Waals surface area contributed by atoms with Gasteiger partial charge in [-0.2, -0.15) is 5.10 Å². The van der Waals surface area contributed by atoms with Crippen LogP contribution in [0.3, 0.4) is 0 Å². The van der Waals surface area contributed by atoms with E-state index in [1.165, 1.54) is 0 Å². The smallest absolute Gasteiger partial charge is 0.240 e. The van der Waals surface area contributed by atoms with Gasteiger partial charge in [0.05, 0.1) is 6.21 Å². The molecular weight excluding hydrogens is 374 g/mol. The molecule has 3 aromatic carbocycles. The van der Waals surface area contributed by atoms with Crippen molar-refractivity contribution in [2.75, 3.05) is 5.32 Å². The standard InChI is InChI=1S/C22H20ClN3O2/c1-15-19(23)10-5-11-20(15)25-21(27)12-13-22(28)26-24-14-17-8-4-7-16-6-2-3-9-18(16)17/h2-11,14H,12-13H2,1H3,(H,25,27)(H,26,28)/b24-14-. The maximum Gasteiger partial charge on any atom is 0.240 e. The third-order valence-corrected chi connectivity index (χ3v) is 4.75. The number of fused-ring (bicyclic) bond motifs is 1. The van der Waals surface area contributed by atoms with E-state index in [0.29, 0.717) is 10.7 Å². The Hall–Kier alpha value is -3.18. The third kappa shape index (κ3) is 4.96. The first-order chi connectivity index (χ1) is 13.5. The minimum atomic E-state index is -0.325. The Bertz CT molecular complexity index is 1040. The molecule has 0 atom stereocenters. The van der Waals surface area contributed by atoms with Gasteiger partial charge in [-0.05, 0) is 35.4 Å². The average Bonchev–Trinajstić information content (AvgIpc) is 2.70. The average molecular weight is 394 g/mol.